The van der Waals surface area contributed by atoms with Crippen molar-refractivity contribution in [1.29, 1.82) is 5.26 Å². The average Bonchev–Trinajstić information content (AvgIpc) is 3.13. The first kappa shape index (κ1) is 16.3. The van der Waals surface area contributed by atoms with Gasteiger partial charge in [0.15, 0.2) is 0 Å². The van der Waals surface area contributed by atoms with Crippen LogP contribution in [0, 0.1) is 11.3 Å². The van der Waals surface area contributed by atoms with Gasteiger partial charge < -0.3 is 16.2 Å². The Balaban J connectivity index is 1.76. The number of primary amides is 1. The SMILES string of the molecule is N#C[C@@]1(O)CCN(c2ccnc(Nc3cnn(CC(N)=O)c3)n2)C1=O. The number of hydrogen-bond acceptors (Lipinski definition) is 8. The second-order valence-electron chi connectivity index (χ2n) is 5.44. The molecular weight excluding hydrogens is 328 g/mol. The van der Waals surface area contributed by atoms with Gasteiger partial charge in [0.25, 0.3) is 5.91 Å². The van der Waals surface area contributed by atoms with Gasteiger partial charge in [-0.05, 0) is 6.07 Å². The van der Waals surface area contributed by atoms with Crippen LogP contribution >= 0.6 is 0 Å². The predicted octanol–water partition coefficient (Wildman–Crippen LogP) is -1.11. The number of carbonyl (C=O) groups is 2. The fourth-order valence-electron chi connectivity index (χ4n) is 2.39. The summed E-state index contributed by atoms with van der Waals surface area (Å²) >= 11 is 0. The van der Waals surface area contributed by atoms with E-state index in [-0.39, 0.29) is 31.3 Å². The summed E-state index contributed by atoms with van der Waals surface area (Å²) in [6.45, 7) is 0.119. The smallest absolute Gasteiger partial charge is 0.275 e. The Labute approximate surface area is 141 Å². The highest BCUT2D eigenvalue weighted by Crippen LogP contribution is 2.27. The zero-order chi connectivity index (χ0) is 18.0. The lowest BCUT2D eigenvalue weighted by Gasteiger charge is -2.16. The van der Waals surface area contributed by atoms with E-state index < -0.39 is 17.4 Å². The van der Waals surface area contributed by atoms with Gasteiger partial charge in [-0.1, -0.05) is 0 Å². The van der Waals surface area contributed by atoms with Crippen molar-refractivity contribution in [3.8, 4) is 6.07 Å². The van der Waals surface area contributed by atoms with Crippen molar-refractivity contribution in [2.75, 3.05) is 16.8 Å². The molecule has 11 heteroatoms. The second-order valence-corrected chi connectivity index (χ2v) is 5.44. The highest BCUT2D eigenvalue weighted by molar-refractivity contribution is 6.03. The van der Waals surface area contributed by atoms with Gasteiger partial charge in [0.1, 0.15) is 18.4 Å². The maximum atomic E-state index is 12.1. The third kappa shape index (κ3) is 3.24. The molecule has 1 aliphatic rings. The molecule has 2 aromatic heterocycles. The Morgan fingerprint density at radius 1 is 1.56 bits per heavy atom. The average molecular weight is 342 g/mol. The molecule has 0 bridgehead atoms. The zero-order valence-corrected chi connectivity index (χ0v) is 13.0. The molecule has 2 aromatic rings. The van der Waals surface area contributed by atoms with Crippen LogP contribution in [-0.2, 0) is 16.1 Å². The molecule has 1 fully saturated rings. The minimum absolute atomic E-state index is 0.00891. The van der Waals surface area contributed by atoms with Crippen molar-refractivity contribution in [3.05, 3.63) is 24.7 Å². The molecule has 25 heavy (non-hydrogen) atoms. The van der Waals surface area contributed by atoms with Crippen molar-refractivity contribution >= 4 is 29.3 Å². The van der Waals surface area contributed by atoms with Crippen LogP contribution in [0.1, 0.15) is 6.42 Å². The Kier molecular flexibility index (Phi) is 4.04. The number of nitrogens with zero attached hydrogens (tertiary/aromatic N) is 6. The molecule has 11 nitrogen and oxygen atoms in total. The number of hydrogen-bond donors (Lipinski definition) is 3. The molecule has 3 heterocycles. The van der Waals surface area contributed by atoms with Gasteiger partial charge in [-0.2, -0.15) is 15.3 Å². The van der Waals surface area contributed by atoms with Crippen molar-refractivity contribution in [2.24, 2.45) is 5.73 Å². The summed E-state index contributed by atoms with van der Waals surface area (Å²) < 4.78 is 1.35. The number of carbonyl (C=O) groups excluding carboxylic acids is 2. The first-order chi connectivity index (χ1) is 11.9. The van der Waals surface area contributed by atoms with Gasteiger partial charge in [-0.25, -0.2) is 4.98 Å². The van der Waals surface area contributed by atoms with E-state index in [9.17, 15) is 14.7 Å². The van der Waals surface area contributed by atoms with Crippen LogP contribution < -0.4 is 16.0 Å². The van der Waals surface area contributed by atoms with Gasteiger partial charge in [0.05, 0.1) is 11.9 Å². The van der Waals surface area contributed by atoms with Gasteiger partial charge in [0, 0.05) is 25.4 Å². The van der Waals surface area contributed by atoms with E-state index in [1.54, 1.807) is 12.3 Å². The van der Waals surface area contributed by atoms with E-state index in [1.165, 1.54) is 28.0 Å². The first-order valence-corrected chi connectivity index (χ1v) is 7.28. The summed E-state index contributed by atoms with van der Waals surface area (Å²) in [4.78, 5) is 32.5. The van der Waals surface area contributed by atoms with Gasteiger partial charge in [0.2, 0.25) is 17.5 Å². The lowest BCUT2D eigenvalue weighted by Crippen LogP contribution is -2.39. The molecule has 0 aliphatic carbocycles. The van der Waals surface area contributed by atoms with Crippen LogP contribution in [0.25, 0.3) is 0 Å². The van der Waals surface area contributed by atoms with E-state index in [1.807, 2.05) is 0 Å². The summed E-state index contributed by atoms with van der Waals surface area (Å²) in [5.74, 6) is -0.783. The molecule has 0 spiro atoms. The monoisotopic (exact) mass is 342 g/mol. The van der Waals surface area contributed by atoms with Crippen LogP contribution in [-0.4, -0.2) is 48.8 Å². The third-order valence-electron chi connectivity index (χ3n) is 3.61. The van der Waals surface area contributed by atoms with E-state index >= 15 is 0 Å². The van der Waals surface area contributed by atoms with Gasteiger partial charge in [-0.3, -0.25) is 19.2 Å². The third-order valence-corrected chi connectivity index (χ3v) is 3.61. The zero-order valence-electron chi connectivity index (χ0n) is 13.0. The van der Waals surface area contributed by atoms with Crippen molar-refractivity contribution in [2.45, 2.75) is 18.6 Å². The quantitative estimate of drug-likeness (QED) is 0.576. The molecule has 128 valence electrons. The predicted molar refractivity (Wildman–Crippen MR) is 84.3 cm³/mol. The topological polar surface area (TPSA) is 163 Å². The Bertz CT molecular complexity index is 873. The normalized spacial score (nSPS) is 19.7. The molecular formula is C14H14N8O3. The molecule has 1 saturated heterocycles. The summed E-state index contributed by atoms with van der Waals surface area (Å²) in [6, 6.07) is 3.12. The summed E-state index contributed by atoms with van der Waals surface area (Å²) in [7, 11) is 0. The minimum atomic E-state index is -2.02. The Morgan fingerprint density at radius 3 is 3.04 bits per heavy atom. The molecule has 1 atom stereocenters. The van der Waals surface area contributed by atoms with Crippen LogP contribution in [0.15, 0.2) is 24.7 Å². The fraction of sp³-hybridized carbons (Fsp3) is 0.286. The molecule has 0 saturated carbocycles. The molecule has 0 unspecified atom stereocenters. The summed E-state index contributed by atoms with van der Waals surface area (Å²) in [6.07, 6.45) is 4.47. The highest BCUT2D eigenvalue weighted by Gasteiger charge is 2.46. The maximum Gasteiger partial charge on any atom is 0.275 e. The van der Waals surface area contributed by atoms with Crippen LogP contribution in [0.2, 0.25) is 0 Å². The second kappa shape index (κ2) is 6.17. The Hall–Kier alpha value is -3.52. The van der Waals surface area contributed by atoms with Crippen LogP contribution in [0.3, 0.4) is 0 Å². The number of amides is 2. The number of nitrogens with one attached hydrogen (secondary N) is 1. The molecule has 2 amide bonds. The van der Waals surface area contributed by atoms with E-state index in [0.29, 0.717) is 5.69 Å². The minimum Gasteiger partial charge on any atom is -0.368 e. The number of aliphatic hydroxyl groups is 1. The fourth-order valence-corrected chi connectivity index (χ4v) is 2.39. The Morgan fingerprint density at radius 2 is 2.36 bits per heavy atom. The molecule has 3 rings (SSSR count). The van der Waals surface area contributed by atoms with E-state index in [0.717, 1.165) is 0 Å². The standard InChI is InChI=1S/C14H14N8O3/c15-8-14(25)2-4-22(12(14)24)11-1-3-17-13(20-11)19-9-5-18-21(6-9)7-10(16)23/h1,3,5-6,25H,2,4,7H2,(H2,16,23)(H,17,19,20)/t14-/m0/s1. The van der Waals surface area contributed by atoms with Gasteiger partial charge in [-0.15, -0.1) is 0 Å². The van der Waals surface area contributed by atoms with E-state index in [4.69, 9.17) is 11.0 Å². The van der Waals surface area contributed by atoms with Crippen molar-refractivity contribution in [1.82, 2.24) is 19.7 Å². The van der Waals surface area contributed by atoms with Crippen LogP contribution in [0.4, 0.5) is 17.5 Å². The molecule has 1 aliphatic heterocycles. The number of nitriles is 1. The summed E-state index contributed by atoms with van der Waals surface area (Å²) in [5, 5.41) is 25.7. The molecule has 0 aromatic carbocycles. The lowest BCUT2D eigenvalue weighted by molar-refractivity contribution is -0.128. The number of nitrogens with two attached hydrogens (primary N) is 1. The highest BCUT2D eigenvalue weighted by atomic mass is 16.3. The largest absolute Gasteiger partial charge is 0.368 e. The summed E-state index contributed by atoms with van der Waals surface area (Å²) in [5.41, 5.74) is 3.60. The van der Waals surface area contributed by atoms with Crippen LogP contribution in [0.5, 0.6) is 0 Å². The van der Waals surface area contributed by atoms with Crippen molar-refractivity contribution in [3.63, 3.8) is 0 Å². The maximum absolute atomic E-state index is 12.1. The number of rotatable bonds is 5. The lowest BCUT2D eigenvalue weighted by atomic mass is 10.1. The first-order valence-electron chi connectivity index (χ1n) is 7.28. The number of aromatic nitrogens is 4. The molecule has 4 N–H and O–H groups in total. The van der Waals surface area contributed by atoms with Crippen molar-refractivity contribution < 1.29 is 14.7 Å². The van der Waals surface area contributed by atoms with Gasteiger partial charge >= 0.3 is 0 Å². The van der Waals surface area contributed by atoms with E-state index in [2.05, 4.69) is 20.4 Å². The molecule has 0 radical (unpaired) electrons. The number of anilines is 3.